The van der Waals surface area contributed by atoms with Gasteiger partial charge >= 0.3 is 0 Å². The van der Waals surface area contributed by atoms with Crippen LogP contribution >= 0.6 is 11.3 Å². The van der Waals surface area contributed by atoms with E-state index in [-0.39, 0.29) is 24.3 Å². The minimum Gasteiger partial charge on any atom is -0.333 e. The maximum atomic E-state index is 13.0. The predicted octanol–water partition coefficient (Wildman–Crippen LogP) is 3.43. The summed E-state index contributed by atoms with van der Waals surface area (Å²) in [5.41, 5.74) is 1.22. The van der Waals surface area contributed by atoms with E-state index >= 15 is 0 Å². The number of hydrogen-bond acceptors (Lipinski definition) is 4. The average Bonchev–Trinajstić information content (AvgIpc) is 3.54. The fourth-order valence-corrected chi connectivity index (χ4v) is 4.04. The number of aromatic nitrogens is 1. The van der Waals surface area contributed by atoms with Crippen LogP contribution in [0.15, 0.2) is 36.5 Å². The Morgan fingerprint density at radius 2 is 2.04 bits per heavy atom. The van der Waals surface area contributed by atoms with Gasteiger partial charge in [0.1, 0.15) is 0 Å². The van der Waals surface area contributed by atoms with Gasteiger partial charge in [-0.05, 0) is 43.6 Å². The van der Waals surface area contributed by atoms with E-state index in [9.17, 15) is 9.59 Å². The molecule has 0 unspecified atom stereocenters. The van der Waals surface area contributed by atoms with E-state index in [2.05, 4.69) is 22.4 Å². The average molecular weight is 369 g/mol. The second-order valence-corrected chi connectivity index (χ2v) is 8.58. The summed E-state index contributed by atoms with van der Waals surface area (Å²) in [6.07, 6.45) is 4.94. The monoisotopic (exact) mass is 369 g/mol. The SMILES string of the molecule is Cc1cnc(NC(=O)CN(CC2CC2)C(=O)[C@H]2C[C@H]2c2ccccc2)s1. The Kier molecular flexibility index (Phi) is 4.76. The van der Waals surface area contributed by atoms with Crippen molar-refractivity contribution in [2.75, 3.05) is 18.4 Å². The number of carbonyl (C=O) groups excluding carboxylic acids is 2. The minimum atomic E-state index is -0.162. The van der Waals surface area contributed by atoms with E-state index in [1.54, 1.807) is 11.1 Å². The molecule has 4 rings (SSSR count). The van der Waals surface area contributed by atoms with Crippen LogP contribution in [0.3, 0.4) is 0 Å². The number of aryl methyl sites for hydroxylation is 1. The highest BCUT2D eigenvalue weighted by Gasteiger charge is 2.46. The highest BCUT2D eigenvalue weighted by molar-refractivity contribution is 7.15. The lowest BCUT2D eigenvalue weighted by Gasteiger charge is -2.22. The first-order valence-corrected chi connectivity index (χ1v) is 9.98. The van der Waals surface area contributed by atoms with Crippen molar-refractivity contribution in [3.8, 4) is 0 Å². The quantitative estimate of drug-likeness (QED) is 0.813. The number of anilines is 1. The smallest absolute Gasteiger partial charge is 0.245 e. The number of rotatable bonds is 7. The molecule has 5 nitrogen and oxygen atoms in total. The van der Waals surface area contributed by atoms with E-state index < -0.39 is 0 Å². The Hall–Kier alpha value is -2.21. The van der Waals surface area contributed by atoms with Crippen LogP contribution in [-0.4, -0.2) is 34.8 Å². The van der Waals surface area contributed by atoms with Gasteiger partial charge in [0.2, 0.25) is 11.8 Å². The Balaban J connectivity index is 1.38. The van der Waals surface area contributed by atoms with E-state index in [4.69, 9.17) is 0 Å². The summed E-state index contributed by atoms with van der Waals surface area (Å²) >= 11 is 1.45. The fraction of sp³-hybridized carbons (Fsp3) is 0.450. The molecule has 0 spiro atoms. The molecule has 0 bridgehead atoms. The third kappa shape index (κ3) is 4.12. The standard InChI is InChI=1S/C20H23N3O2S/c1-13-10-21-20(26-13)22-18(24)12-23(11-14-7-8-14)19(25)17-9-16(17)15-5-3-2-4-6-15/h2-6,10,14,16-17H,7-9,11-12H2,1H3,(H,21,22,24)/t16-,17-/m0/s1. The van der Waals surface area contributed by atoms with Gasteiger partial charge in [-0.15, -0.1) is 11.3 Å². The number of hydrogen-bond donors (Lipinski definition) is 1. The van der Waals surface area contributed by atoms with Crippen molar-refractivity contribution >= 4 is 28.3 Å². The van der Waals surface area contributed by atoms with Crippen LogP contribution in [0.5, 0.6) is 0 Å². The molecule has 1 aromatic heterocycles. The van der Waals surface area contributed by atoms with Crippen molar-refractivity contribution in [2.45, 2.75) is 32.1 Å². The van der Waals surface area contributed by atoms with Gasteiger partial charge in [0.25, 0.3) is 0 Å². The third-order valence-electron chi connectivity index (χ3n) is 5.02. The minimum absolute atomic E-state index is 0.0195. The lowest BCUT2D eigenvalue weighted by atomic mass is 10.1. The number of amides is 2. The first kappa shape index (κ1) is 17.2. The second-order valence-electron chi connectivity index (χ2n) is 7.35. The molecule has 2 aromatic rings. The summed E-state index contributed by atoms with van der Waals surface area (Å²) in [5, 5.41) is 3.42. The normalized spacial score (nSPS) is 21.3. The number of nitrogens with zero attached hydrogens (tertiary/aromatic N) is 2. The van der Waals surface area contributed by atoms with Crippen molar-refractivity contribution in [1.82, 2.24) is 9.88 Å². The first-order valence-electron chi connectivity index (χ1n) is 9.16. The maximum Gasteiger partial charge on any atom is 0.245 e. The van der Waals surface area contributed by atoms with Crippen LogP contribution < -0.4 is 5.32 Å². The van der Waals surface area contributed by atoms with Crippen molar-refractivity contribution in [3.63, 3.8) is 0 Å². The molecule has 2 amide bonds. The lowest BCUT2D eigenvalue weighted by molar-refractivity contribution is -0.136. The maximum absolute atomic E-state index is 13.0. The van der Waals surface area contributed by atoms with Crippen molar-refractivity contribution in [1.29, 1.82) is 0 Å². The zero-order chi connectivity index (χ0) is 18.1. The second kappa shape index (κ2) is 7.19. The molecule has 2 atom stereocenters. The molecule has 136 valence electrons. The van der Waals surface area contributed by atoms with Crippen LogP contribution in [-0.2, 0) is 9.59 Å². The van der Waals surface area contributed by atoms with Gasteiger partial charge < -0.3 is 10.2 Å². The van der Waals surface area contributed by atoms with E-state index in [0.29, 0.717) is 23.5 Å². The van der Waals surface area contributed by atoms with Crippen LogP contribution in [0.2, 0.25) is 0 Å². The number of thiazole rings is 1. The van der Waals surface area contributed by atoms with Crippen LogP contribution in [0, 0.1) is 18.8 Å². The molecular weight excluding hydrogens is 346 g/mol. The molecule has 1 N–H and O–H groups in total. The number of carbonyl (C=O) groups is 2. The first-order chi connectivity index (χ1) is 12.6. The largest absolute Gasteiger partial charge is 0.333 e. The summed E-state index contributed by atoms with van der Waals surface area (Å²) in [6.45, 7) is 2.76. The zero-order valence-corrected chi connectivity index (χ0v) is 15.7. The molecule has 2 saturated carbocycles. The van der Waals surface area contributed by atoms with Gasteiger partial charge in [0.05, 0.1) is 6.54 Å². The molecule has 26 heavy (non-hydrogen) atoms. The van der Waals surface area contributed by atoms with Crippen molar-refractivity contribution in [2.24, 2.45) is 11.8 Å². The van der Waals surface area contributed by atoms with Gasteiger partial charge in [-0.1, -0.05) is 30.3 Å². The summed E-state index contributed by atoms with van der Waals surface area (Å²) in [6, 6.07) is 10.2. The summed E-state index contributed by atoms with van der Waals surface area (Å²) in [7, 11) is 0. The zero-order valence-electron chi connectivity index (χ0n) is 14.9. The van der Waals surface area contributed by atoms with E-state index in [1.165, 1.54) is 16.9 Å². The van der Waals surface area contributed by atoms with Crippen LogP contribution in [0.1, 0.15) is 35.6 Å². The molecule has 2 aliphatic rings. The summed E-state index contributed by atoms with van der Waals surface area (Å²) in [5.74, 6) is 0.838. The lowest BCUT2D eigenvalue weighted by Crippen LogP contribution is -2.40. The molecule has 2 fully saturated rings. The molecule has 0 radical (unpaired) electrons. The summed E-state index contributed by atoms with van der Waals surface area (Å²) in [4.78, 5) is 32.4. The van der Waals surface area contributed by atoms with Crippen LogP contribution in [0.25, 0.3) is 0 Å². The van der Waals surface area contributed by atoms with Gasteiger partial charge in [-0.3, -0.25) is 9.59 Å². The van der Waals surface area contributed by atoms with Gasteiger partial charge in [0, 0.05) is 23.5 Å². The van der Waals surface area contributed by atoms with E-state index in [0.717, 1.165) is 24.1 Å². The fourth-order valence-electron chi connectivity index (χ4n) is 3.36. The topological polar surface area (TPSA) is 62.3 Å². The van der Waals surface area contributed by atoms with Crippen molar-refractivity contribution < 1.29 is 9.59 Å². The molecule has 2 aliphatic carbocycles. The highest BCUT2D eigenvalue weighted by atomic mass is 32.1. The third-order valence-corrected chi connectivity index (χ3v) is 5.85. The Bertz CT molecular complexity index is 800. The number of nitrogens with one attached hydrogen (secondary N) is 1. The Labute approximate surface area is 157 Å². The van der Waals surface area contributed by atoms with Crippen LogP contribution in [0.4, 0.5) is 5.13 Å². The Morgan fingerprint density at radius 3 is 2.69 bits per heavy atom. The predicted molar refractivity (Wildman–Crippen MR) is 102 cm³/mol. The Morgan fingerprint density at radius 1 is 1.27 bits per heavy atom. The summed E-state index contributed by atoms with van der Waals surface area (Å²) < 4.78 is 0. The van der Waals surface area contributed by atoms with E-state index in [1.807, 2.05) is 25.1 Å². The number of benzene rings is 1. The molecule has 1 heterocycles. The highest BCUT2D eigenvalue weighted by Crippen LogP contribution is 2.48. The molecule has 6 heteroatoms. The molecule has 0 aliphatic heterocycles. The van der Waals surface area contributed by atoms with Gasteiger partial charge in [0.15, 0.2) is 5.13 Å². The van der Waals surface area contributed by atoms with Gasteiger partial charge in [-0.2, -0.15) is 0 Å². The molecule has 1 aromatic carbocycles. The van der Waals surface area contributed by atoms with Gasteiger partial charge in [-0.25, -0.2) is 4.98 Å². The van der Waals surface area contributed by atoms with Crippen molar-refractivity contribution in [3.05, 3.63) is 47.0 Å². The molecular formula is C20H23N3O2S. The molecule has 0 saturated heterocycles.